The summed E-state index contributed by atoms with van der Waals surface area (Å²) in [6.45, 7) is 15.7. The van der Waals surface area contributed by atoms with Crippen molar-refractivity contribution in [3.8, 4) is 0 Å². The number of thiazole rings is 1. The highest BCUT2D eigenvalue weighted by Gasteiger charge is 2.28. The van der Waals surface area contributed by atoms with Crippen molar-refractivity contribution in [2.75, 3.05) is 12.4 Å². The van der Waals surface area contributed by atoms with E-state index in [1.54, 1.807) is 18.4 Å². The molecule has 0 bridgehead atoms. The van der Waals surface area contributed by atoms with Crippen LogP contribution in [0.4, 0.5) is 5.69 Å². The SMILES string of the molecule is COC1C=CC=CC1c1csc(C(Nc2c(C(C)C)cccc2C(C)C)c2c(C)cc(C)cc2C)n1. The highest BCUT2D eigenvalue weighted by Crippen LogP contribution is 2.40. The summed E-state index contributed by atoms with van der Waals surface area (Å²) in [4.78, 5) is 5.25. The normalized spacial score (nSPS) is 18.3. The minimum atomic E-state index is -0.0362. The van der Waals surface area contributed by atoms with Gasteiger partial charge < -0.3 is 10.1 Å². The van der Waals surface area contributed by atoms with Crippen molar-refractivity contribution in [1.29, 1.82) is 0 Å². The number of aryl methyl sites for hydroxylation is 3. The minimum absolute atomic E-state index is 0.00779. The van der Waals surface area contributed by atoms with Crippen molar-refractivity contribution in [1.82, 2.24) is 4.98 Å². The molecule has 1 N–H and O–H groups in total. The summed E-state index contributed by atoms with van der Waals surface area (Å²) < 4.78 is 5.75. The van der Waals surface area contributed by atoms with Crippen LogP contribution in [0, 0.1) is 20.8 Å². The maximum Gasteiger partial charge on any atom is 0.120 e. The first-order valence-corrected chi connectivity index (χ1v) is 13.9. The van der Waals surface area contributed by atoms with Gasteiger partial charge in [-0.1, -0.05) is 87.9 Å². The first-order valence-electron chi connectivity index (χ1n) is 13.0. The first kappa shape index (κ1) is 26.4. The molecule has 1 aliphatic rings. The standard InChI is InChI=1S/C32H40N2OS/c1-19(2)24-13-11-14-25(20(3)4)30(24)34-31(29-22(6)16-21(5)17-23(29)7)32-33-27(18-36-32)26-12-9-10-15-28(26)35-8/h9-20,26,28,31,34H,1-8H3. The van der Waals surface area contributed by atoms with E-state index in [1.807, 2.05) is 0 Å². The Morgan fingerprint density at radius 1 is 0.917 bits per heavy atom. The number of hydrogen-bond donors (Lipinski definition) is 1. The topological polar surface area (TPSA) is 34.1 Å². The molecule has 0 spiro atoms. The number of hydrogen-bond acceptors (Lipinski definition) is 4. The van der Waals surface area contributed by atoms with Crippen LogP contribution in [0.1, 0.15) is 95.6 Å². The Labute approximate surface area is 221 Å². The molecule has 36 heavy (non-hydrogen) atoms. The maximum atomic E-state index is 5.75. The molecule has 3 aromatic rings. The van der Waals surface area contributed by atoms with Crippen LogP contribution in [0.2, 0.25) is 0 Å². The average molecular weight is 501 g/mol. The molecule has 0 saturated heterocycles. The van der Waals surface area contributed by atoms with Crippen molar-refractivity contribution in [2.24, 2.45) is 0 Å². The molecule has 0 fully saturated rings. The number of nitrogens with zero attached hydrogens (tertiary/aromatic N) is 1. The zero-order valence-electron chi connectivity index (χ0n) is 22.9. The molecule has 3 nitrogen and oxygen atoms in total. The highest BCUT2D eigenvalue weighted by molar-refractivity contribution is 7.09. The lowest BCUT2D eigenvalue weighted by Gasteiger charge is -2.28. The summed E-state index contributed by atoms with van der Waals surface area (Å²) in [6.07, 6.45) is 8.46. The number of ether oxygens (including phenoxy) is 1. The van der Waals surface area contributed by atoms with Gasteiger partial charge in [0.1, 0.15) is 11.0 Å². The van der Waals surface area contributed by atoms with Crippen LogP contribution in [-0.2, 0) is 4.74 Å². The summed E-state index contributed by atoms with van der Waals surface area (Å²) in [5.41, 5.74) is 10.2. The van der Waals surface area contributed by atoms with E-state index < -0.39 is 0 Å². The first-order chi connectivity index (χ1) is 17.2. The molecular weight excluding hydrogens is 460 g/mol. The number of aromatic nitrogens is 1. The van der Waals surface area contributed by atoms with E-state index in [2.05, 4.69) is 114 Å². The minimum Gasteiger partial charge on any atom is -0.376 e. The van der Waals surface area contributed by atoms with Crippen LogP contribution in [-0.4, -0.2) is 18.2 Å². The largest absolute Gasteiger partial charge is 0.376 e. The molecular formula is C32H40N2OS. The zero-order chi connectivity index (χ0) is 26.0. The number of methoxy groups -OCH3 is 1. The third-order valence-corrected chi connectivity index (χ3v) is 8.10. The Morgan fingerprint density at radius 2 is 1.53 bits per heavy atom. The smallest absolute Gasteiger partial charge is 0.120 e. The van der Waals surface area contributed by atoms with E-state index in [4.69, 9.17) is 9.72 Å². The molecule has 0 amide bonds. The summed E-state index contributed by atoms with van der Waals surface area (Å²) in [5, 5.41) is 7.34. The molecule has 1 aromatic heterocycles. The van der Waals surface area contributed by atoms with Gasteiger partial charge in [0.25, 0.3) is 0 Å². The molecule has 0 aliphatic heterocycles. The summed E-state index contributed by atoms with van der Waals surface area (Å²) >= 11 is 1.74. The van der Waals surface area contributed by atoms with Crippen LogP contribution in [0.5, 0.6) is 0 Å². The fourth-order valence-electron chi connectivity index (χ4n) is 5.43. The predicted octanol–water partition coefficient (Wildman–Crippen LogP) is 8.74. The van der Waals surface area contributed by atoms with Crippen molar-refractivity contribution < 1.29 is 4.74 Å². The van der Waals surface area contributed by atoms with Crippen LogP contribution in [0.15, 0.2) is 60.0 Å². The second kappa shape index (κ2) is 11.1. The van der Waals surface area contributed by atoms with E-state index in [9.17, 15) is 0 Å². The van der Waals surface area contributed by atoms with E-state index in [0.717, 1.165) is 10.7 Å². The van der Waals surface area contributed by atoms with E-state index in [0.29, 0.717) is 11.8 Å². The predicted molar refractivity (Wildman–Crippen MR) is 155 cm³/mol. The number of rotatable bonds is 8. The molecule has 3 atom stereocenters. The summed E-state index contributed by atoms with van der Waals surface area (Å²) in [7, 11) is 1.77. The molecule has 4 heteroatoms. The third-order valence-electron chi connectivity index (χ3n) is 7.17. The van der Waals surface area contributed by atoms with E-state index >= 15 is 0 Å². The van der Waals surface area contributed by atoms with Crippen molar-refractivity contribution in [3.05, 3.63) is 104 Å². The number of anilines is 1. The average Bonchev–Trinajstić information content (AvgIpc) is 3.32. The molecule has 2 aromatic carbocycles. The second-order valence-electron chi connectivity index (χ2n) is 10.6. The molecule has 3 unspecified atom stereocenters. The lowest BCUT2D eigenvalue weighted by atomic mass is 9.90. The van der Waals surface area contributed by atoms with Gasteiger partial charge in [0.05, 0.1) is 17.7 Å². The molecule has 0 radical (unpaired) electrons. The second-order valence-corrected chi connectivity index (χ2v) is 11.5. The summed E-state index contributed by atoms with van der Waals surface area (Å²) in [6, 6.07) is 11.3. The Morgan fingerprint density at radius 3 is 2.11 bits per heavy atom. The van der Waals surface area contributed by atoms with Gasteiger partial charge in [-0.15, -0.1) is 11.3 Å². The van der Waals surface area contributed by atoms with Gasteiger partial charge in [-0.25, -0.2) is 4.98 Å². The van der Waals surface area contributed by atoms with Crippen LogP contribution < -0.4 is 5.32 Å². The molecule has 1 aliphatic carbocycles. The monoisotopic (exact) mass is 500 g/mol. The van der Waals surface area contributed by atoms with Gasteiger partial charge in [0, 0.05) is 18.2 Å². The molecule has 190 valence electrons. The third kappa shape index (κ3) is 5.35. The van der Waals surface area contributed by atoms with Gasteiger partial charge in [-0.2, -0.15) is 0 Å². The van der Waals surface area contributed by atoms with Crippen LogP contribution >= 0.6 is 11.3 Å². The van der Waals surface area contributed by atoms with Gasteiger partial charge >= 0.3 is 0 Å². The molecule has 1 heterocycles. The van der Waals surface area contributed by atoms with Crippen molar-refractivity contribution >= 4 is 17.0 Å². The van der Waals surface area contributed by atoms with Gasteiger partial charge in [-0.05, 0) is 60.4 Å². The Bertz CT molecular complexity index is 1220. The Balaban J connectivity index is 1.86. The van der Waals surface area contributed by atoms with Crippen molar-refractivity contribution in [3.63, 3.8) is 0 Å². The fourth-order valence-corrected chi connectivity index (χ4v) is 6.35. The van der Waals surface area contributed by atoms with Crippen LogP contribution in [0.3, 0.4) is 0 Å². The lowest BCUT2D eigenvalue weighted by molar-refractivity contribution is 0.127. The maximum absolute atomic E-state index is 5.75. The van der Waals surface area contributed by atoms with E-state index in [-0.39, 0.29) is 18.1 Å². The summed E-state index contributed by atoms with van der Waals surface area (Å²) in [5.74, 6) is 0.959. The van der Waals surface area contributed by atoms with Crippen molar-refractivity contribution in [2.45, 2.75) is 78.4 Å². The van der Waals surface area contributed by atoms with Crippen LogP contribution in [0.25, 0.3) is 0 Å². The Kier molecular flexibility index (Phi) is 8.17. The fraction of sp³-hybridized carbons (Fsp3) is 0.406. The zero-order valence-corrected chi connectivity index (χ0v) is 23.7. The quantitative estimate of drug-likeness (QED) is 0.336. The van der Waals surface area contributed by atoms with Gasteiger partial charge in [-0.3, -0.25) is 0 Å². The molecule has 0 saturated carbocycles. The number of para-hydroxylation sites is 1. The molecule has 4 rings (SSSR count). The number of benzene rings is 2. The number of allylic oxidation sites excluding steroid dienone is 2. The Hall–Kier alpha value is -2.69. The van der Waals surface area contributed by atoms with Gasteiger partial charge in [0.2, 0.25) is 0 Å². The highest BCUT2D eigenvalue weighted by atomic mass is 32.1. The number of nitrogens with one attached hydrogen (secondary N) is 1. The van der Waals surface area contributed by atoms with E-state index in [1.165, 1.54) is 39.1 Å². The van der Waals surface area contributed by atoms with Gasteiger partial charge in [0.15, 0.2) is 0 Å². The lowest BCUT2D eigenvalue weighted by Crippen LogP contribution is -2.20.